The molecule has 0 spiro atoms. The fourth-order valence-corrected chi connectivity index (χ4v) is 6.88. The average Bonchev–Trinajstić information content (AvgIpc) is 3.30. The Morgan fingerprint density at radius 1 is 0.943 bits per heavy atom. The number of sulfonamides is 1. The zero-order valence-corrected chi connectivity index (χ0v) is 20.9. The summed E-state index contributed by atoms with van der Waals surface area (Å²) in [6.07, 6.45) is 9.51. The fourth-order valence-electron chi connectivity index (χ4n) is 5.33. The lowest BCUT2D eigenvalue weighted by atomic mass is 9.94. The van der Waals surface area contributed by atoms with Crippen molar-refractivity contribution in [3.8, 4) is 11.4 Å². The second kappa shape index (κ2) is 10.5. The Hall–Kier alpha value is -2.71. The standard InChI is InChI=1S/C27H34N4O3S/c32-27(28-22-13-7-2-1-3-8-14-22)21-12-9-17-31(19-21)35(33,34)23-15-16-24-25(18-23)30-26(29-24)20-10-5-4-6-11-20/h4-6,10-11,15-16,18,21-22H,1-3,7-9,12-14,17,19H2,(H,28,32)(H,29,30)/t21-/m0/s1. The Labute approximate surface area is 207 Å². The quantitative estimate of drug-likeness (QED) is 0.530. The first-order valence-electron chi connectivity index (χ1n) is 12.9. The third-order valence-electron chi connectivity index (χ3n) is 7.34. The summed E-state index contributed by atoms with van der Waals surface area (Å²) in [7, 11) is -3.71. The molecule has 2 aliphatic rings. The van der Waals surface area contributed by atoms with Crippen LogP contribution in [0.1, 0.15) is 57.8 Å². The highest BCUT2D eigenvalue weighted by Crippen LogP contribution is 2.28. The van der Waals surface area contributed by atoms with E-state index < -0.39 is 10.0 Å². The fraction of sp³-hybridized carbons (Fsp3) is 0.481. The molecule has 2 N–H and O–H groups in total. The lowest BCUT2D eigenvalue weighted by Crippen LogP contribution is -2.47. The van der Waals surface area contributed by atoms with E-state index in [0.29, 0.717) is 24.3 Å². The van der Waals surface area contributed by atoms with Crippen molar-refractivity contribution in [2.24, 2.45) is 5.92 Å². The first-order chi connectivity index (χ1) is 17.0. The van der Waals surface area contributed by atoms with Crippen molar-refractivity contribution in [3.05, 3.63) is 48.5 Å². The number of carbonyl (C=O) groups excluding carboxylic acids is 1. The van der Waals surface area contributed by atoms with Crippen LogP contribution in [0.15, 0.2) is 53.4 Å². The molecule has 186 valence electrons. The summed E-state index contributed by atoms with van der Waals surface area (Å²) in [6, 6.07) is 15.0. The van der Waals surface area contributed by atoms with Gasteiger partial charge in [-0.25, -0.2) is 13.4 Å². The molecule has 5 rings (SSSR count). The number of nitrogens with zero attached hydrogens (tertiary/aromatic N) is 2. The third-order valence-corrected chi connectivity index (χ3v) is 9.21. The summed E-state index contributed by atoms with van der Waals surface area (Å²) in [5.41, 5.74) is 2.35. The van der Waals surface area contributed by atoms with Crippen LogP contribution in [0.4, 0.5) is 0 Å². The monoisotopic (exact) mass is 494 g/mol. The van der Waals surface area contributed by atoms with E-state index in [-0.39, 0.29) is 29.3 Å². The highest BCUT2D eigenvalue weighted by Gasteiger charge is 2.34. The molecule has 35 heavy (non-hydrogen) atoms. The number of H-pyrrole nitrogens is 1. The molecule has 8 heteroatoms. The minimum atomic E-state index is -3.71. The molecule has 1 amide bonds. The van der Waals surface area contributed by atoms with Crippen LogP contribution in [-0.4, -0.2) is 47.7 Å². The number of nitrogens with one attached hydrogen (secondary N) is 2. The van der Waals surface area contributed by atoms with Crippen molar-refractivity contribution in [1.29, 1.82) is 0 Å². The molecule has 1 saturated heterocycles. The van der Waals surface area contributed by atoms with Crippen LogP contribution in [0.3, 0.4) is 0 Å². The van der Waals surface area contributed by atoms with Crippen LogP contribution in [0.2, 0.25) is 0 Å². The topological polar surface area (TPSA) is 95.2 Å². The van der Waals surface area contributed by atoms with E-state index in [4.69, 9.17) is 0 Å². The lowest BCUT2D eigenvalue weighted by molar-refractivity contribution is -0.126. The highest BCUT2D eigenvalue weighted by molar-refractivity contribution is 7.89. The molecule has 2 fully saturated rings. The third kappa shape index (κ3) is 5.43. The number of rotatable bonds is 5. The van der Waals surface area contributed by atoms with Gasteiger partial charge >= 0.3 is 0 Å². The summed E-state index contributed by atoms with van der Waals surface area (Å²) in [5.74, 6) is 0.413. The Morgan fingerprint density at radius 2 is 1.69 bits per heavy atom. The first kappa shape index (κ1) is 24.0. The lowest BCUT2D eigenvalue weighted by Gasteiger charge is -2.32. The molecule has 1 aromatic heterocycles. The van der Waals surface area contributed by atoms with E-state index in [1.165, 1.54) is 23.6 Å². The minimum Gasteiger partial charge on any atom is -0.353 e. The van der Waals surface area contributed by atoms with E-state index in [9.17, 15) is 13.2 Å². The van der Waals surface area contributed by atoms with Gasteiger partial charge in [-0.05, 0) is 43.9 Å². The van der Waals surface area contributed by atoms with Gasteiger partial charge < -0.3 is 10.3 Å². The second-order valence-corrected chi connectivity index (χ2v) is 11.8. The average molecular weight is 495 g/mol. The van der Waals surface area contributed by atoms with Gasteiger partial charge in [-0.3, -0.25) is 4.79 Å². The maximum atomic E-state index is 13.5. The van der Waals surface area contributed by atoms with E-state index in [1.54, 1.807) is 18.2 Å². The van der Waals surface area contributed by atoms with Gasteiger partial charge in [-0.15, -0.1) is 0 Å². The summed E-state index contributed by atoms with van der Waals surface area (Å²) in [5, 5.41) is 3.24. The number of imidazole rings is 1. The number of hydrogen-bond acceptors (Lipinski definition) is 4. The molecule has 1 saturated carbocycles. The predicted octanol–water partition coefficient (Wildman–Crippen LogP) is 4.86. The SMILES string of the molecule is O=C(NC1CCCCCCC1)[C@H]1CCCN(S(=O)(=O)c2ccc3nc(-c4ccccc4)[nH]c3c2)C1. The van der Waals surface area contributed by atoms with E-state index in [2.05, 4.69) is 15.3 Å². The van der Waals surface area contributed by atoms with Crippen molar-refractivity contribution >= 4 is 27.0 Å². The molecule has 0 bridgehead atoms. The minimum absolute atomic E-state index is 0.00648. The smallest absolute Gasteiger partial charge is 0.243 e. The summed E-state index contributed by atoms with van der Waals surface area (Å²) >= 11 is 0. The molecule has 1 aliphatic heterocycles. The van der Waals surface area contributed by atoms with Gasteiger partial charge in [0.05, 0.1) is 21.8 Å². The van der Waals surface area contributed by atoms with Crippen LogP contribution in [0, 0.1) is 5.92 Å². The van der Waals surface area contributed by atoms with E-state index in [1.807, 2.05) is 30.3 Å². The molecule has 1 atom stereocenters. The number of amides is 1. The predicted molar refractivity (Wildman–Crippen MR) is 137 cm³/mol. The van der Waals surface area contributed by atoms with Crippen LogP contribution >= 0.6 is 0 Å². The maximum absolute atomic E-state index is 13.5. The molecule has 7 nitrogen and oxygen atoms in total. The maximum Gasteiger partial charge on any atom is 0.243 e. The second-order valence-electron chi connectivity index (χ2n) is 9.88. The van der Waals surface area contributed by atoms with Crippen molar-refractivity contribution in [2.45, 2.75) is 68.7 Å². The molecule has 3 aromatic rings. The molecule has 0 radical (unpaired) electrons. The van der Waals surface area contributed by atoms with Crippen molar-refractivity contribution < 1.29 is 13.2 Å². The number of hydrogen-bond donors (Lipinski definition) is 2. The van der Waals surface area contributed by atoms with Crippen LogP contribution < -0.4 is 5.32 Å². The molecule has 2 aromatic carbocycles. The van der Waals surface area contributed by atoms with E-state index >= 15 is 0 Å². The Kier molecular flexibility index (Phi) is 7.20. The van der Waals surface area contributed by atoms with Crippen LogP contribution in [0.5, 0.6) is 0 Å². The number of benzene rings is 2. The van der Waals surface area contributed by atoms with Crippen LogP contribution in [-0.2, 0) is 14.8 Å². The van der Waals surface area contributed by atoms with E-state index in [0.717, 1.165) is 43.2 Å². The molecule has 0 unspecified atom stereocenters. The molecule has 1 aliphatic carbocycles. The molecule has 2 heterocycles. The Bertz CT molecular complexity index is 1260. The van der Waals surface area contributed by atoms with Gasteiger partial charge in [0.1, 0.15) is 5.82 Å². The van der Waals surface area contributed by atoms with Gasteiger partial charge in [0.25, 0.3) is 0 Å². The number of carbonyl (C=O) groups is 1. The zero-order chi connectivity index (χ0) is 24.3. The number of piperidine rings is 1. The Morgan fingerprint density at radius 3 is 2.46 bits per heavy atom. The molecular formula is C27H34N4O3S. The van der Waals surface area contributed by atoms with Gasteiger partial charge in [-0.1, -0.05) is 62.4 Å². The largest absolute Gasteiger partial charge is 0.353 e. The number of fused-ring (bicyclic) bond motifs is 1. The first-order valence-corrected chi connectivity index (χ1v) is 14.3. The summed E-state index contributed by atoms with van der Waals surface area (Å²) in [4.78, 5) is 21.1. The van der Waals surface area contributed by atoms with Crippen molar-refractivity contribution in [3.63, 3.8) is 0 Å². The zero-order valence-electron chi connectivity index (χ0n) is 20.1. The van der Waals surface area contributed by atoms with Crippen molar-refractivity contribution in [2.75, 3.05) is 13.1 Å². The summed E-state index contributed by atoms with van der Waals surface area (Å²) < 4.78 is 28.5. The van der Waals surface area contributed by atoms with Crippen LogP contribution in [0.25, 0.3) is 22.4 Å². The van der Waals surface area contributed by atoms with Gasteiger partial charge in [0.15, 0.2) is 0 Å². The normalized spacial score (nSPS) is 20.9. The Balaban J connectivity index is 1.30. The van der Waals surface area contributed by atoms with Gasteiger partial charge in [0, 0.05) is 24.7 Å². The number of aromatic nitrogens is 2. The number of aromatic amines is 1. The van der Waals surface area contributed by atoms with Gasteiger partial charge in [0.2, 0.25) is 15.9 Å². The van der Waals surface area contributed by atoms with Crippen molar-refractivity contribution in [1.82, 2.24) is 19.6 Å². The van der Waals surface area contributed by atoms with Gasteiger partial charge in [-0.2, -0.15) is 4.31 Å². The highest BCUT2D eigenvalue weighted by atomic mass is 32.2. The summed E-state index contributed by atoms with van der Waals surface area (Å²) in [6.45, 7) is 0.670. The molecular weight excluding hydrogens is 460 g/mol.